The number of hydrogen-bond acceptors (Lipinski definition) is 5. The van der Waals surface area contributed by atoms with E-state index >= 15 is 0 Å². The van der Waals surface area contributed by atoms with Gasteiger partial charge >= 0.3 is 5.97 Å². The van der Waals surface area contributed by atoms with Crippen molar-refractivity contribution < 1.29 is 14.7 Å². The lowest BCUT2D eigenvalue weighted by Crippen LogP contribution is -2.42. The number of benzene rings is 1. The number of aliphatic carboxylic acids is 1. The van der Waals surface area contributed by atoms with E-state index in [0.717, 1.165) is 16.3 Å². The van der Waals surface area contributed by atoms with Gasteiger partial charge in [0.15, 0.2) is 0 Å². The van der Waals surface area contributed by atoms with Crippen molar-refractivity contribution in [3.8, 4) is 10.6 Å². The fourth-order valence-corrected chi connectivity index (χ4v) is 3.17. The first kappa shape index (κ1) is 19.1. The summed E-state index contributed by atoms with van der Waals surface area (Å²) >= 11 is 1.54. The van der Waals surface area contributed by atoms with Crippen LogP contribution in [0.15, 0.2) is 29.6 Å². The van der Waals surface area contributed by atoms with Gasteiger partial charge < -0.3 is 10.4 Å². The molecular formula is C18H23N3O3S. The first-order valence-electron chi connectivity index (χ1n) is 8.09. The molecule has 1 amide bonds. The number of thiazole rings is 1. The highest BCUT2D eigenvalue weighted by Gasteiger charge is 2.21. The zero-order valence-electron chi connectivity index (χ0n) is 14.7. The molecule has 0 fully saturated rings. The van der Waals surface area contributed by atoms with Crippen molar-refractivity contribution in [2.24, 2.45) is 0 Å². The SMILES string of the molecule is CC(=O)NCCN(Cc1csc(-c2ccc(C)cc2)n1)C(C)C(=O)O. The maximum atomic E-state index is 11.3. The van der Waals surface area contributed by atoms with Gasteiger partial charge in [0.25, 0.3) is 0 Å². The molecule has 0 spiro atoms. The Kier molecular flexibility index (Phi) is 6.66. The summed E-state index contributed by atoms with van der Waals surface area (Å²) in [5.41, 5.74) is 3.08. The predicted molar refractivity (Wildman–Crippen MR) is 98.5 cm³/mol. The van der Waals surface area contributed by atoms with Crippen molar-refractivity contribution >= 4 is 23.2 Å². The highest BCUT2D eigenvalue weighted by Crippen LogP contribution is 2.24. The van der Waals surface area contributed by atoms with Gasteiger partial charge in [-0.1, -0.05) is 29.8 Å². The Labute approximate surface area is 151 Å². The van der Waals surface area contributed by atoms with Crippen LogP contribution in [-0.2, 0) is 16.1 Å². The van der Waals surface area contributed by atoms with Crippen LogP contribution in [0.4, 0.5) is 0 Å². The van der Waals surface area contributed by atoms with E-state index in [4.69, 9.17) is 0 Å². The largest absolute Gasteiger partial charge is 0.480 e. The van der Waals surface area contributed by atoms with E-state index in [9.17, 15) is 14.7 Å². The summed E-state index contributed by atoms with van der Waals surface area (Å²) in [5.74, 6) is -1.02. The topological polar surface area (TPSA) is 82.5 Å². The minimum atomic E-state index is -0.892. The normalized spacial score (nSPS) is 12.2. The van der Waals surface area contributed by atoms with E-state index in [1.807, 2.05) is 36.6 Å². The van der Waals surface area contributed by atoms with Gasteiger partial charge in [-0.2, -0.15) is 0 Å². The second-order valence-electron chi connectivity index (χ2n) is 5.98. The summed E-state index contributed by atoms with van der Waals surface area (Å²) in [6.45, 7) is 6.40. The number of nitrogens with zero attached hydrogens (tertiary/aromatic N) is 2. The maximum Gasteiger partial charge on any atom is 0.320 e. The molecule has 1 aromatic heterocycles. The number of nitrogens with one attached hydrogen (secondary N) is 1. The average molecular weight is 361 g/mol. The highest BCUT2D eigenvalue weighted by atomic mass is 32.1. The smallest absolute Gasteiger partial charge is 0.320 e. The van der Waals surface area contributed by atoms with Crippen molar-refractivity contribution in [1.29, 1.82) is 0 Å². The molecule has 25 heavy (non-hydrogen) atoms. The Morgan fingerprint density at radius 1 is 1.32 bits per heavy atom. The number of aryl methyl sites for hydroxylation is 1. The van der Waals surface area contributed by atoms with Crippen LogP contribution >= 0.6 is 11.3 Å². The van der Waals surface area contributed by atoms with Crippen LogP contribution in [0.2, 0.25) is 0 Å². The van der Waals surface area contributed by atoms with Crippen molar-refractivity contribution in [3.63, 3.8) is 0 Å². The fraction of sp³-hybridized carbons (Fsp3) is 0.389. The molecule has 7 heteroatoms. The number of carbonyl (C=O) groups excluding carboxylic acids is 1. The Hall–Kier alpha value is -2.25. The standard InChI is InChI=1S/C18H23N3O3S/c1-12-4-6-15(7-5-12)17-20-16(11-25-17)10-21(13(2)18(23)24)9-8-19-14(3)22/h4-7,11,13H,8-10H2,1-3H3,(H,19,22)(H,23,24). The van der Waals surface area contributed by atoms with E-state index in [0.29, 0.717) is 19.6 Å². The fourth-order valence-electron chi connectivity index (χ4n) is 2.36. The summed E-state index contributed by atoms with van der Waals surface area (Å²) < 4.78 is 0. The number of rotatable bonds is 8. The molecule has 1 heterocycles. The zero-order valence-corrected chi connectivity index (χ0v) is 15.5. The number of aromatic nitrogens is 1. The summed E-state index contributed by atoms with van der Waals surface area (Å²) in [7, 11) is 0. The first-order valence-corrected chi connectivity index (χ1v) is 8.97. The first-order chi connectivity index (χ1) is 11.9. The minimum Gasteiger partial charge on any atom is -0.480 e. The van der Waals surface area contributed by atoms with Gasteiger partial charge in [-0.05, 0) is 13.8 Å². The maximum absolute atomic E-state index is 11.3. The predicted octanol–water partition coefficient (Wildman–Crippen LogP) is 2.53. The number of carboxylic acids is 1. The van der Waals surface area contributed by atoms with Crippen LogP contribution in [0.25, 0.3) is 10.6 Å². The number of amides is 1. The zero-order chi connectivity index (χ0) is 18.4. The van der Waals surface area contributed by atoms with Crippen molar-refractivity contribution in [1.82, 2.24) is 15.2 Å². The van der Waals surface area contributed by atoms with E-state index < -0.39 is 12.0 Å². The van der Waals surface area contributed by atoms with Crippen LogP contribution < -0.4 is 5.32 Å². The van der Waals surface area contributed by atoms with E-state index in [2.05, 4.69) is 10.3 Å². The Balaban J connectivity index is 2.08. The molecule has 134 valence electrons. The van der Waals surface area contributed by atoms with Gasteiger partial charge in [0.1, 0.15) is 11.0 Å². The molecule has 6 nitrogen and oxygen atoms in total. The molecule has 2 rings (SSSR count). The summed E-state index contributed by atoms with van der Waals surface area (Å²) in [5, 5.41) is 14.9. The molecule has 0 aliphatic carbocycles. The molecular weight excluding hydrogens is 338 g/mol. The lowest BCUT2D eigenvalue weighted by molar-refractivity contribution is -0.142. The van der Waals surface area contributed by atoms with E-state index in [-0.39, 0.29) is 5.91 Å². The van der Waals surface area contributed by atoms with Crippen LogP contribution in [0.1, 0.15) is 25.1 Å². The quantitative estimate of drug-likeness (QED) is 0.755. The van der Waals surface area contributed by atoms with Gasteiger partial charge in [-0.3, -0.25) is 14.5 Å². The lowest BCUT2D eigenvalue weighted by Gasteiger charge is -2.25. The molecule has 0 aliphatic rings. The van der Waals surface area contributed by atoms with Gasteiger partial charge in [-0.25, -0.2) is 4.98 Å². The monoisotopic (exact) mass is 361 g/mol. The minimum absolute atomic E-state index is 0.127. The Morgan fingerprint density at radius 2 is 2.00 bits per heavy atom. The molecule has 0 saturated heterocycles. The molecule has 2 N–H and O–H groups in total. The third kappa shape index (κ3) is 5.65. The number of carbonyl (C=O) groups is 2. The van der Waals surface area contributed by atoms with Gasteiger partial charge in [-0.15, -0.1) is 11.3 Å². The molecule has 0 radical (unpaired) electrons. The highest BCUT2D eigenvalue weighted by molar-refractivity contribution is 7.13. The summed E-state index contributed by atoms with van der Waals surface area (Å²) in [6, 6.07) is 7.50. The third-order valence-corrected chi connectivity index (χ3v) is 4.83. The van der Waals surface area contributed by atoms with Gasteiger partial charge in [0.2, 0.25) is 5.91 Å². The van der Waals surface area contributed by atoms with Crippen molar-refractivity contribution in [2.45, 2.75) is 33.4 Å². The lowest BCUT2D eigenvalue weighted by atomic mass is 10.2. The second kappa shape index (κ2) is 8.73. The summed E-state index contributed by atoms with van der Waals surface area (Å²) in [6.07, 6.45) is 0. The van der Waals surface area contributed by atoms with Crippen LogP contribution in [0.5, 0.6) is 0 Å². The van der Waals surface area contributed by atoms with Crippen LogP contribution in [0, 0.1) is 6.92 Å². The average Bonchev–Trinajstić information content (AvgIpc) is 3.02. The molecule has 0 aliphatic heterocycles. The molecule has 1 atom stereocenters. The molecule has 1 unspecified atom stereocenters. The number of hydrogen-bond donors (Lipinski definition) is 2. The second-order valence-corrected chi connectivity index (χ2v) is 6.84. The van der Waals surface area contributed by atoms with Crippen LogP contribution in [-0.4, -0.2) is 46.0 Å². The Bertz CT molecular complexity index is 727. The molecule has 2 aromatic rings. The summed E-state index contributed by atoms with van der Waals surface area (Å²) in [4.78, 5) is 28.8. The molecule has 0 bridgehead atoms. The van der Waals surface area contributed by atoms with Crippen molar-refractivity contribution in [3.05, 3.63) is 40.9 Å². The van der Waals surface area contributed by atoms with E-state index in [1.165, 1.54) is 12.5 Å². The van der Waals surface area contributed by atoms with Gasteiger partial charge in [0, 0.05) is 37.5 Å². The van der Waals surface area contributed by atoms with Crippen molar-refractivity contribution in [2.75, 3.05) is 13.1 Å². The third-order valence-electron chi connectivity index (χ3n) is 3.89. The van der Waals surface area contributed by atoms with Crippen LogP contribution in [0.3, 0.4) is 0 Å². The number of carboxylic acid groups (broad SMARTS) is 1. The van der Waals surface area contributed by atoms with Gasteiger partial charge in [0.05, 0.1) is 5.69 Å². The van der Waals surface area contributed by atoms with E-state index in [1.54, 1.807) is 23.2 Å². The molecule has 1 aromatic carbocycles. The molecule has 0 saturated carbocycles. The Morgan fingerprint density at radius 3 is 2.60 bits per heavy atom.